The third kappa shape index (κ3) is 4.41. The molecule has 146 valence electrons. The van der Waals surface area contributed by atoms with Crippen molar-refractivity contribution in [3.8, 4) is 5.69 Å². The number of esters is 1. The first-order chi connectivity index (χ1) is 13.5. The molecule has 0 aliphatic rings. The van der Waals surface area contributed by atoms with Gasteiger partial charge in [-0.05, 0) is 42.3 Å². The summed E-state index contributed by atoms with van der Waals surface area (Å²) >= 11 is 3.56. The van der Waals surface area contributed by atoms with Gasteiger partial charge in [-0.2, -0.15) is 0 Å². The zero-order chi connectivity index (χ0) is 20.1. The van der Waals surface area contributed by atoms with Crippen molar-refractivity contribution >= 4 is 40.5 Å². The minimum atomic E-state index is -2.36. The lowest BCUT2D eigenvalue weighted by Gasteiger charge is -2.21. The molecule has 7 nitrogen and oxygen atoms in total. The number of halogens is 1. The van der Waals surface area contributed by atoms with Crippen molar-refractivity contribution in [3.05, 3.63) is 71.5 Å². The predicted molar refractivity (Wildman–Crippen MR) is 108 cm³/mol. The van der Waals surface area contributed by atoms with Crippen LogP contribution in [0.2, 0.25) is 5.02 Å². The van der Waals surface area contributed by atoms with Crippen molar-refractivity contribution in [2.75, 3.05) is 11.4 Å². The number of aryl methyl sites for hydroxylation is 1. The number of para-hydroxylation sites is 1. The van der Waals surface area contributed by atoms with Gasteiger partial charge in [-0.25, -0.2) is 13.5 Å². The van der Waals surface area contributed by atoms with E-state index in [0.717, 1.165) is 11.3 Å². The van der Waals surface area contributed by atoms with Gasteiger partial charge in [0.05, 0.1) is 18.5 Å². The van der Waals surface area contributed by atoms with E-state index < -0.39 is 11.3 Å². The van der Waals surface area contributed by atoms with E-state index in [4.69, 9.17) is 16.3 Å². The van der Waals surface area contributed by atoms with E-state index in [9.17, 15) is 13.6 Å². The largest absolute Gasteiger partial charge is 0.469 e. The van der Waals surface area contributed by atoms with Gasteiger partial charge in [-0.15, -0.1) is 0 Å². The zero-order valence-corrected chi connectivity index (χ0v) is 16.6. The van der Waals surface area contributed by atoms with Crippen molar-refractivity contribution in [3.63, 3.8) is 0 Å². The Bertz CT molecular complexity index is 991. The summed E-state index contributed by atoms with van der Waals surface area (Å²) in [7, 11) is 1.35. The maximum atomic E-state index is 12.1. The molecule has 1 heterocycles. The van der Waals surface area contributed by atoms with Crippen LogP contribution < -0.4 is 4.31 Å². The summed E-state index contributed by atoms with van der Waals surface area (Å²) in [5.41, 5.74) is 2.10. The van der Waals surface area contributed by atoms with E-state index >= 15 is 0 Å². The highest BCUT2D eigenvalue weighted by molar-refractivity contribution is 7.81. The first-order valence-corrected chi connectivity index (χ1v) is 9.80. The molecule has 0 amide bonds. The molecule has 0 radical (unpaired) electrons. The van der Waals surface area contributed by atoms with Crippen molar-refractivity contribution < 1.29 is 18.3 Å². The quantitative estimate of drug-likeness (QED) is 0.463. The molecule has 0 spiro atoms. The summed E-state index contributed by atoms with van der Waals surface area (Å²) in [6.45, 7) is 0. The monoisotopic (exact) mass is 419 g/mol. The van der Waals surface area contributed by atoms with E-state index in [1.165, 1.54) is 11.4 Å². The summed E-state index contributed by atoms with van der Waals surface area (Å²) in [4.78, 5) is 15.8. The van der Waals surface area contributed by atoms with E-state index in [-0.39, 0.29) is 18.3 Å². The Labute approximate surface area is 169 Å². The second kappa shape index (κ2) is 9.01. The van der Waals surface area contributed by atoms with Crippen molar-refractivity contribution in [1.29, 1.82) is 0 Å². The van der Waals surface area contributed by atoms with Gasteiger partial charge in [0.15, 0.2) is 0 Å². The fraction of sp³-hybridized carbons (Fsp3) is 0.158. The third-order valence-corrected chi connectivity index (χ3v) is 5.04. The van der Waals surface area contributed by atoms with Gasteiger partial charge in [0, 0.05) is 23.8 Å². The number of ether oxygens (including phenoxy) is 1. The number of carbonyl (C=O) groups is 1. The van der Waals surface area contributed by atoms with Gasteiger partial charge in [-0.1, -0.05) is 29.8 Å². The number of carbonyl (C=O) groups excluding carboxylic acids is 1. The number of hydrogen-bond acceptors (Lipinski definition) is 4. The molecule has 1 N–H and O–H groups in total. The van der Waals surface area contributed by atoms with Gasteiger partial charge in [-0.3, -0.25) is 13.9 Å². The Morgan fingerprint density at radius 3 is 2.64 bits per heavy atom. The number of rotatable bonds is 7. The second-order valence-corrected chi connectivity index (χ2v) is 7.07. The summed E-state index contributed by atoms with van der Waals surface area (Å²) in [6, 6.07) is 14.0. The molecule has 28 heavy (non-hydrogen) atoms. The Hall–Kier alpha value is -2.68. The molecule has 0 aliphatic carbocycles. The molecule has 0 fully saturated rings. The average Bonchev–Trinajstić information content (AvgIpc) is 3.16. The lowest BCUT2D eigenvalue weighted by Crippen LogP contribution is -2.23. The van der Waals surface area contributed by atoms with Gasteiger partial charge in [0.2, 0.25) is 5.95 Å². The number of benzene rings is 2. The molecule has 9 heteroatoms. The van der Waals surface area contributed by atoms with Crippen LogP contribution in [0.25, 0.3) is 5.69 Å². The van der Waals surface area contributed by atoms with Gasteiger partial charge in [0.1, 0.15) is 0 Å². The molecule has 0 saturated carbocycles. The third-order valence-electron chi connectivity index (χ3n) is 4.10. The lowest BCUT2D eigenvalue weighted by molar-refractivity contribution is -0.140. The molecule has 3 aromatic rings. The van der Waals surface area contributed by atoms with Crippen LogP contribution in [0.15, 0.2) is 60.9 Å². The number of aromatic nitrogens is 2. The smallest absolute Gasteiger partial charge is 0.305 e. The molecular formula is C19H18ClN3O4S. The van der Waals surface area contributed by atoms with Crippen LogP contribution >= 0.6 is 11.6 Å². The highest BCUT2D eigenvalue weighted by Crippen LogP contribution is 2.30. The fourth-order valence-corrected chi connectivity index (χ4v) is 3.48. The van der Waals surface area contributed by atoms with E-state index in [2.05, 4.69) is 4.98 Å². The molecule has 0 saturated heterocycles. The van der Waals surface area contributed by atoms with E-state index in [1.807, 2.05) is 24.3 Å². The maximum Gasteiger partial charge on any atom is 0.305 e. The molecule has 0 bridgehead atoms. The SMILES string of the molecule is COC(=O)CCc1ccccc1-n1ccnc1N(c1ccc(Cl)cc1)S(=O)O. The topological polar surface area (TPSA) is 84.7 Å². The Morgan fingerprint density at radius 2 is 1.96 bits per heavy atom. The van der Waals surface area contributed by atoms with Gasteiger partial charge < -0.3 is 4.74 Å². The van der Waals surface area contributed by atoms with Crippen LogP contribution in [-0.2, 0) is 27.2 Å². The van der Waals surface area contributed by atoms with E-state index in [0.29, 0.717) is 17.1 Å². The van der Waals surface area contributed by atoms with Crippen LogP contribution in [0.5, 0.6) is 0 Å². The molecule has 3 rings (SSSR count). The molecule has 0 aliphatic heterocycles. The first kappa shape index (κ1) is 20.1. The van der Waals surface area contributed by atoms with Crippen molar-refractivity contribution in [2.24, 2.45) is 0 Å². The fourth-order valence-electron chi connectivity index (χ4n) is 2.78. The van der Waals surface area contributed by atoms with Gasteiger partial charge in [0.25, 0.3) is 11.3 Å². The summed E-state index contributed by atoms with van der Waals surface area (Å²) in [5, 5.41) is 0.518. The van der Waals surface area contributed by atoms with Crippen LogP contribution in [0.4, 0.5) is 11.6 Å². The highest BCUT2D eigenvalue weighted by atomic mass is 35.5. The second-order valence-electron chi connectivity index (χ2n) is 5.80. The lowest BCUT2D eigenvalue weighted by atomic mass is 10.1. The maximum absolute atomic E-state index is 12.1. The van der Waals surface area contributed by atoms with Crippen molar-refractivity contribution in [1.82, 2.24) is 9.55 Å². The normalized spacial score (nSPS) is 11.8. The van der Waals surface area contributed by atoms with Crippen LogP contribution in [-0.4, -0.2) is 31.4 Å². The number of anilines is 2. The van der Waals surface area contributed by atoms with E-state index in [1.54, 1.807) is 41.2 Å². The Kier molecular flexibility index (Phi) is 6.45. The minimum absolute atomic E-state index is 0.227. The molecular weight excluding hydrogens is 402 g/mol. The van der Waals surface area contributed by atoms with Crippen molar-refractivity contribution in [2.45, 2.75) is 12.8 Å². The molecule has 1 atom stereocenters. The van der Waals surface area contributed by atoms with Crippen LogP contribution in [0, 0.1) is 0 Å². The highest BCUT2D eigenvalue weighted by Gasteiger charge is 2.22. The first-order valence-electron chi connectivity index (χ1n) is 8.36. The summed E-state index contributed by atoms with van der Waals surface area (Å²) in [5.74, 6) is -0.0476. The summed E-state index contributed by atoms with van der Waals surface area (Å²) < 4.78 is 29.6. The molecule has 2 aromatic carbocycles. The Morgan fingerprint density at radius 1 is 1.25 bits per heavy atom. The molecule has 1 unspecified atom stereocenters. The number of hydrogen-bond donors (Lipinski definition) is 1. The van der Waals surface area contributed by atoms with Crippen LogP contribution in [0.3, 0.4) is 0 Å². The zero-order valence-electron chi connectivity index (χ0n) is 15.0. The number of nitrogens with zero attached hydrogens (tertiary/aromatic N) is 3. The number of imidazole rings is 1. The molecule has 1 aromatic heterocycles. The van der Waals surface area contributed by atoms with Gasteiger partial charge >= 0.3 is 5.97 Å². The average molecular weight is 420 g/mol. The summed E-state index contributed by atoms with van der Waals surface area (Å²) in [6.07, 6.45) is 3.93. The predicted octanol–water partition coefficient (Wildman–Crippen LogP) is 3.91. The van der Waals surface area contributed by atoms with Crippen LogP contribution in [0.1, 0.15) is 12.0 Å². The number of methoxy groups -OCH3 is 1. The Balaban J connectivity index is 2.02. The standard InChI is InChI=1S/C19H18ClN3O4S/c1-27-18(24)11-6-14-4-2-3-5-17(14)22-13-12-21-19(22)23(28(25)26)16-9-7-15(20)8-10-16/h2-5,7-10,12-13H,6,11H2,1H3,(H,25,26). The minimum Gasteiger partial charge on any atom is -0.469 e.